The van der Waals surface area contributed by atoms with Crippen LogP contribution in [0.1, 0.15) is 40.5 Å². The summed E-state index contributed by atoms with van der Waals surface area (Å²) in [6.07, 6.45) is 0.467. The molecule has 2 saturated heterocycles. The fourth-order valence-electron chi connectivity index (χ4n) is 3.28. The fourth-order valence-corrected chi connectivity index (χ4v) is 3.28. The molecule has 0 bridgehead atoms. The van der Waals surface area contributed by atoms with Gasteiger partial charge in [-0.25, -0.2) is 0 Å². The number of hydrogen-bond donors (Lipinski definition) is 0. The average Bonchev–Trinajstić information content (AvgIpc) is 2.88. The lowest BCUT2D eigenvalue weighted by Crippen LogP contribution is -2.49. The van der Waals surface area contributed by atoms with Crippen LogP contribution in [0.25, 0.3) is 0 Å². The Labute approximate surface area is 142 Å². The quantitative estimate of drug-likeness (QED) is 0.556. The number of hydrogen-bond acceptors (Lipinski definition) is 5. The van der Waals surface area contributed by atoms with Crippen LogP contribution in [-0.2, 0) is 23.9 Å². The minimum absolute atomic E-state index is 0.0337. The molecule has 2 atom stereocenters. The standard InChI is InChI=1S/C17H26N2O5/c1-5-24-16(23)12-6-7-18(10-13(12)20)15(22)11-8-14(21)19(9-11)17(2,3)4/h11-12H,5-10H2,1-4H3. The van der Waals surface area contributed by atoms with Crippen molar-refractivity contribution >= 4 is 23.6 Å². The maximum Gasteiger partial charge on any atom is 0.316 e. The monoisotopic (exact) mass is 338 g/mol. The molecule has 0 aromatic heterocycles. The second-order valence-corrected chi connectivity index (χ2v) is 7.40. The van der Waals surface area contributed by atoms with Crippen molar-refractivity contribution in [3.05, 3.63) is 0 Å². The Morgan fingerprint density at radius 2 is 1.92 bits per heavy atom. The number of likely N-dealkylation sites (tertiary alicyclic amines) is 2. The Morgan fingerprint density at radius 3 is 2.42 bits per heavy atom. The molecule has 2 aliphatic heterocycles. The van der Waals surface area contributed by atoms with Gasteiger partial charge in [-0.05, 0) is 34.1 Å². The molecule has 2 unspecified atom stereocenters. The summed E-state index contributed by atoms with van der Waals surface area (Å²) in [5.74, 6) is -2.19. The molecule has 2 heterocycles. The first kappa shape index (κ1) is 18.4. The van der Waals surface area contributed by atoms with Gasteiger partial charge in [0.15, 0.2) is 5.78 Å². The number of amides is 2. The summed E-state index contributed by atoms with van der Waals surface area (Å²) in [6.45, 7) is 8.38. The Hall–Kier alpha value is -1.92. The van der Waals surface area contributed by atoms with Crippen molar-refractivity contribution in [2.75, 3.05) is 26.2 Å². The normalized spacial score (nSPS) is 25.2. The van der Waals surface area contributed by atoms with E-state index in [0.29, 0.717) is 13.1 Å². The highest BCUT2D eigenvalue weighted by Crippen LogP contribution is 2.28. The van der Waals surface area contributed by atoms with Gasteiger partial charge in [0, 0.05) is 25.0 Å². The summed E-state index contributed by atoms with van der Waals surface area (Å²) in [5, 5.41) is 0. The van der Waals surface area contributed by atoms with Gasteiger partial charge < -0.3 is 14.5 Å². The van der Waals surface area contributed by atoms with Crippen LogP contribution >= 0.6 is 0 Å². The van der Waals surface area contributed by atoms with Gasteiger partial charge in [-0.3, -0.25) is 19.2 Å². The molecular formula is C17H26N2O5. The van der Waals surface area contributed by atoms with Gasteiger partial charge in [-0.2, -0.15) is 0 Å². The molecule has 2 aliphatic rings. The molecule has 0 aliphatic carbocycles. The Morgan fingerprint density at radius 1 is 1.25 bits per heavy atom. The summed E-state index contributed by atoms with van der Waals surface area (Å²) in [4.78, 5) is 51.8. The van der Waals surface area contributed by atoms with Crippen molar-refractivity contribution in [2.45, 2.75) is 46.1 Å². The summed E-state index contributed by atoms with van der Waals surface area (Å²) in [6, 6.07) is 0. The van der Waals surface area contributed by atoms with Crippen LogP contribution in [0.15, 0.2) is 0 Å². The van der Waals surface area contributed by atoms with Gasteiger partial charge in [0.25, 0.3) is 0 Å². The second-order valence-electron chi connectivity index (χ2n) is 7.40. The van der Waals surface area contributed by atoms with Crippen molar-refractivity contribution in [1.29, 1.82) is 0 Å². The molecule has 7 heteroatoms. The van der Waals surface area contributed by atoms with Crippen molar-refractivity contribution in [3.8, 4) is 0 Å². The fraction of sp³-hybridized carbons (Fsp3) is 0.765. The Balaban J connectivity index is 1.97. The lowest BCUT2D eigenvalue weighted by Gasteiger charge is -2.33. The SMILES string of the molecule is CCOC(=O)C1CCN(C(=O)C2CC(=O)N(C(C)(C)C)C2)CC1=O. The number of ether oxygens (including phenoxy) is 1. The van der Waals surface area contributed by atoms with E-state index < -0.39 is 17.8 Å². The lowest BCUT2D eigenvalue weighted by molar-refractivity contribution is -0.156. The predicted octanol–water partition coefficient (Wildman–Crippen LogP) is 0.614. The molecule has 2 fully saturated rings. The molecule has 0 spiro atoms. The van der Waals surface area contributed by atoms with Gasteiger partial charge in [-0.1, -0.05) is 0 Å². The number of nitrogens with zero attached hydrogens (tertiary/aromatic N) is 2. The first-order chi connectivity index (χ1) is 11.1. The number of Topliss-reactive ketones (excluding diaryl/α,β-unsaturated/α-hetero) is 1. The van der Waals surface area contributed by atoms with E-state index in [9.17, 15) is 19.2 Å². The first-order valence-corrected chi connectivity index (χ1v) is 8.43. The number of rotatable bonds is 3. The molecule has 0 radical (unpaired) electrons. The summed E-state index contributed by atoms with van der Waals surface area (Å²) >= 11 is 0. The molecule has 2 rings (SSSR count). The highest BCUT2D eigenvalue weighted by Gasteiger charge is 2.43. The number of esters is 1. The van der Waals surface area contributed by atoms with Crippen molar-refractivity contribution in [2.24, 2.45) is 11.8 Å². The highest BCUT2D eigenvalue weighted by molar-refractivity contribution is 6.02. The molecule has 0 saturated carbocycles. The summed E-state index contributed by atoms with van der Waals surface area (Å²) < 4.78 is 4.90. The largest absolute Gasteiger partial charge is 0.465 e. The van der Waals surface area contributed by atoms with E-state index in [1.54, 1.807) is 11.8 Å². The van der Waals surface area contributed by atoms with E-state index in [4.69, 9.17) is 4.74 Å². The lowest BCUT2D eigenvalue weighted by atomic mass is 9.94. The van der Waals surface area contributed by atoms with Crippen molar-refractivity contribution < 1.29 is 23.9 Å². The third kappa shape index (κ3) is 3.76. The summed E-state index contributed by atoms with van der Waals surface area (Å²) in [5.41, 5.74) is -0.321. The number of carbonyl (C=O) groups is 4. The zero-order valence-electron chi connectivity index (χ0n) is 14.8. The van der Waals surface area contributed by atoms with Crippen LogP contribution in [0.3, 0.4) is 0 Å². The topological polar surface area (TPSA) is 84.0 Å². The molecule has 7 nitrogen and oxygen atoms in total. The Kier molecular flexibility index (Phi) is 5.30. The molecular weight excluding hydrogens is 312 g/mol. The van der Waals surface area contributed by atoms with Gasteiger partial charge in [0.1, 0.15) is 5.92 Å². The van der Waals surface area contributed by atoms with Gasteiger partial charge in [0.05, 0.1) is 19.1 Å². The van der Waals surface area contributed by atoms with Gasteiger partial charge in [0.2, 0.25) is 11.8 Å². The van der Waals surface area contributed by atoms with Gasteiger partial charge >= 0.3 is 5.97 Å². The van der Waals surface area contributed by atoms with E-state index in [1.165, 1.54) is 4.90 Å². The van der Waals surface area contributed by atoms with E-state index in [-0.39, 0.29) is 49.1 Å². The third-order valence-corrected chi connectivity index (χ3v) is 4.59. The minimum atomic E-state index is -0.773. The maximum atomic E-state index is 12.6. The molecule has 0 aromatic rings. The number of ketones is 1. The predicted molar refractivity (Wildman–Crippen MR) is 85.9 cm³/mol. The minimum Gasteiger partial charge on any atom is -0.465 e. The van der Waals surface area contributed by atoms with Crippen molar-refractivity contribution in [1.82, 2.24) is 9.80 Å². The van der Waals surface area contributed by atoms with Crippen LogP contribution in [0.5, 0.6) is 0 Å². The van der Waals surface area contributed by atoms with Crippen LogP contribution < -0.4 is 0 Å². The third-order valence-electron chi connectivity index (χ3n) is 4.59. The van der Waals surface area contributed by atoms with Crippen LogP contribution in [0, 0.1) is 11.8 Å². The van der Waals surface area contributed by atoms with Crippen molar-refractivity contribution in [3.63, 3.8) is 0 Å². The molecule has 134 valence electrons. The summed E-state index contributed by atoms with van der Waals surface area (Å²) in [7, 11) is 0. The van der Waals surface area contributed by atoms with Gasteiger partial charge in [-0.15, -0.1) is 0 Å². The first-order valence-electron chi connectivity index (χ1n) is 8.43. The number of piperidine rings is 1. The van der Waals surface area contributed by atoms with Crippen LogP contribution in [-0.4, -0.2) is 65.1 Å². The molecule has 0 aromatic carbocycles. The smallest absolute Gasteiger partial charge is 0.316 e. The van der Waals surface area contributed by atoms with Crippen LogP contribution in [0.2, 0.25) is 0 Å². The molecule has 24 heavy (non-hydrogen) atoms. The van der Waals surface area contributed by atoms with E-state index in [0.717, 1.165) is 0 Å². The van der Waals surface area contributed by atoms with E-state index in [1.807, 2.05) is 20.8 Å². The highest BCUT2D eigenvalue weighted by atomic mass is 16.5. The maximum absolute atomic E-state index is 12.6. The molecule has 2 amide bonds. The Bertz CT molecular complexity index is 552. The van der Waals surface area contributed by atoms with E-state index in [2.05, 4.69) is 0 Å². The zero-order chi connectivity index (χ0) is 18.1. The zero-order valence-corrected chi connectivity index (χ0v) is 14.8. The van der Waals surface area contributed by atoms with Crippen LogP contribution in [0.4, 0.5) is 0 Å². The number of carbonyl (C=O) groups excluding carboxylic acids is 4. The van der Waals surface area contributed by atoms with E-state index >= 15 is 0 Å². The average molecular weight is 338 g/mol. The second kappa shape index (κ2) is 6.91. The molecule has 0 N–H and O–H groups in total.